The van der Waals surface area contributed by atoms with Crippen molar-refractivity contribution in [2.45, 2.75) is 31.8 Å². The second-order valence-electron chi connectivity index (χ2n) is 6.64. The van der Waals surface area contributed by atoms with Crippen LogP contribution < -0.4 is 5.32 Å². The van der Waals surface area contributed by atoms with Crippen molar-refractivity contribution in [1.82, 2.24) is 14.1 Å². The maximum atomic E-state index is 12.4. The highest BCUT2D eigenvalue weighted by atomic mass is 35.5. The summed E-state index contributed by atoms with van der Waals surface area (Å²) in [5, 5.41) is 6.88. The van der Waals surface area contributed by atoms with Crippen LogP contribution in [0.4, 0.5) is 5.69 Å². The average molecular weight is 443 g/mol. The maximum absolute atomic E-state index is 12.4. The summed E-state index contributed by atoms with van der Waals surface area (Å²) in [6.07, 6.45) is -1.12. The summed E-state index contributed by atoms with van der Waals surface area (Å²) in [7, 11) is 0.605. The van der Waals surface area contributed by atoms with Crippen molar-refractivity contribution in [2.75, 3.05) is 19.4 Å². The van der Waals surface area contributed by atoms with Gasteiger partial charge in [-0.1, -0.05) is 11.6 Å². The van der Waals surface area contributed by atoms with Crippen LogP contribution in [0.2, 0.25) is 5.02 Å². The van der Waals surface area contributed by atoms with Gasteiger partial charge < -0.3 is 10.1 Å². The second-order valence-corrected chi connectivity index (χ2v) is 9.17. The fraction of sp³-hybridized carbons (Fsp3) is 0.389. The quantitative estimate of drug-likeness (QED) is 0.686. The maximum Gasteiger partial charge on any atom is 0.338 e. The topological polar surface area (TPSA) is 111 Å². The molecule has 1 unspecified atom stereocenters. The first-order valence-electron chi connectivity index (χ1n) is 8.60. The molecule has 2 aromatic rings. The van der Waals surface area contributed by atoms with Crippen LogP contribution in [0, 0.1) is 13.8 Å². The molecule has 1 N–H and O–H groups in total. The highest BCUT2D eigenvalue weighted by Crippen LogP contribution is 2.25. The normalized spacial score (nSPS) is 12.7. The lowest BCUT2D eigenvalue weighted by Gasteiger charge is -2.16. The van der Waals surface area contributed by atoms with Crippen LogP contribution in [-0.4, -0.2) is 54.6 Å². The van der Waals surface area contributed by atoms with Crippen molar-refractivity contribution >= 4 is 39.2 Å². The number of anilines is 1. The number of esters is 1. The highest BCUT2D eigenvalue weighted by molar-refractivity contribution is 7.89. The first kappa shape index (κ1) is 22.9. The van der Waals surface area contributed by atoms with Crippen molar-refractivity contribution < 1.29 is 22.7 Å². The average Bonchev–Trinajstić information content (AvgIpc) is 2.87. The molecule has 0 radical (unpaired) electrons. The van der Waals surface area contributed by atoms with E-state index in [-0.39, 0.29) is 15.5 Å². The first-order valence-corrected chi connectivity index (χ1v) is 10.4. The summed E-state index contributed by atoms with van der Waals surface area (Å²) >= 11 is 5.98. The molecule has 0 bridgehead atoms. The Hall–Kier alpha value is -2.43. The minimum absolute atomic E-state index is 0.0245. The number of carbonyl (C=O) groups is 2. The molecule has 1 aromatic heterocycles. The van der Waals surface area contributed by atoms with Gasteiger partial charge in [-0.2, -0.15) is 5.10 Å². The van der Waals surface area contributed by atoms with Crippen molar-refractivity contribution in [3.8, 4) is 0 Å². The van der Waals surface area contributed by atoms with Crippen LogP contribution in [0.15, 0.2) is 23.1 Å². The van der Waals surface area contributed by atoms with Crippen molar-refractivity contribution in [3.63, 3.8) is 0 Å². The third-order valence-corrected chi connectivity index (χ3v) is 6.63. The number of benzene rings is 1. The highest BCUT2D eigenvalue weighted by Gasteiger charge is 2.25. The molecule has 1 atom stereocenters. The van der Waals surface area contributed by atoms with E-state index in [4.69, 9.17) is 16.3 Å². The zero-order valence-electron chi connectivity index (χ0n) is 17.0. The standard InChI is InChI=1S/C18H23ClN4O5S/c1-10-16(11(2)23(6)21-10)20-17(24)12(3)28-18(25)13-7-8-14(19)15(9-13)29(26,27)22(4)5/h7-9,12H,1-6H3,(H,20,24). The van der Waals surface area contributed by atoms with Crippen molar-refractivity contribution in [1.29, 1.82) is 0 Å². The molecule has 29 heavy (non-hydrogen) atoms. The third-order valence-electron chi connectivity index (χ3n) is 4.34. The number of ether oxygens (including phenoxy) is 1. The van der Waals surface area contributed by atoms with E-state index >= 15 is 0 Å². The zero-order chi connectivity index (χ0) is 22.1. The smallest absolute Gasteiger partial charge is 0.338 e. The number of amides is 1. The van der Waals surface area contributed by atoms with E-state index in [2.05, 4.69) is 10.4 Å². The number of aromatic nitrogens is 2. The molecule has 11 heteroatoms. The molecule has 1 aromatic carbocycles. The molecule has 0 aliphatic rings. The molecule has 158 valence electrons. The van der Waals surface area contributed by atoms with Gasteiger partial charge in [0, 0.05) is 21.1 Å². The Kier molecular flexibility index (Phi) is 6.71. The Morgan fingerprint density at radius 3 is 2.41 bits per heavy atom. The molecule has 1 amide bonds. The van der Waals surface area contributed by atoms with Crippen LogP contribution in [0.5, 0.6) is 0 Å². The Labute approximate surface area is 174 Å². The lowest BCUT2D eigenvalue weighted by Crippen LogP contribution is -2.30. The van der Waals surface area contributed by atoms with E-state index in [1.807, 2.05) is 0 Å². The minimum Gasteiger partial charge on any atom is -0.449 e. The molecule has 0 saturated carbocycles. The van der Waals surface area contributed by atoms with Crippen LogP contribution in [-0.2, 0) is 26.6 Å². The molecule has 0 aliphatic carbocycles. The van der Waals surface area contributed by atoms with Gasteiger partial charge in [-0.05, 0) is 39.0 Å². The monoisotopic (exact) mass is 442 g/mol. The van der Waals surface area contributed by atoms with E-state index in [1.165, 1.54) is 33.2 Å². The van der Waals surface area contributed by atoms with Crippen molar-refractivity contribution in [3.05, 3.63) is 40.2 Å². The van der Waals surface area contributed by atoms with Gasteiger partial charge in [-0.3, -0.25) is 9.48 Å². The van der Waals surface area contributed by atoms with Crippen LogP contribution in [0.25, 0.3) is 0 Å². The Morgan fingerprint density at radius 1 is 1.28 bits per heavy atom. The van der Waals surface area contributed by atoms with E-state index in [0.29, 0.717) is 11.4 Å². The van der Waals surface area contributed by atoms with E-state index < -0.39 is 28.0 Å². The predicted molar refractivity (Wildman–Crippen MR) is 109 cm³/mol. The fourth-order valence-corrected chi connectivity index (χ4v) is 3.88. The summed E-state index contributed by atoms with van der Waals surface area (Å²) < 4.78 is 32.5. The van der Waals surface area contributed by atoms with Gasteiger partial charge in [0.25, 0.3) is 5.91 Å². The van der Waals surface area contributed by atoms with Gasteiger partial charge >= 0.3 is 5.97 Å². The number of halogens is 1. The summed E-state index contributed by atoms with van der Waals surface area (Å²) in [4.78, 5) is 24.6. The molecule has 0 saturated heterocycles. The number of nitrogens with zero attached hydrogens (tertiary/aromatic N) is 3. The number of aryl methyl sites for hydroxylation is 2. The zero-order valence-corrected chi connectivity index (χ0v) is 18.6. The van der Waals surface area contributed by atoms with Gasteiger partial charge in [0.1, 0.15) is 4.90 Å². The van der Waals surface area contributed by atoms with Crippen LogP contribution in [0.3, 0.4) is 0 Å². The number of sulfonamides is 1. The largest absolute Gasteiger partial charge is 0.449 e. The summed E-state index contributed by atoms with van der Waals surface area (Å²) in [6, 6.07) is 3.75. The number of rotatable bonds is 6. The second kappa shape index (κ2) is 8.52. The van der Waals surface area contributed by atoms with Gasteiger partial charge in [-0.15, -0.1) is 0 Å². The first-order chi connectivity index (χ1) is 13.4. The van der Waals surface area contributed by atoms with E-state index in [0.717, 1.165) is 16.1 Å². The molecular formula is C18H23ClN4O5S. The SMILES string of the molecule is Cc1nn(C)c(C)c1NC(=O)C(C)OC(=O)c1ccc(Cl)c(S(=O)(=O)N(C)C)c1. The van der Waals surface area contributed by atoms with Gasteiger partial charge in [-0.25, -0.2) is 17.5 Å². The van der Waals surface area contributed by atoms with E-state index in [9.17, 15) is 18.0 Å². The molecule has 0 fully saturated rings. The molecule has 2 rings (SSSR count). The lowest BCUT2D eigenvalue weighted by atomic mass is 10.2. The van der Waals surface area contributed by atoms with E-state index in [1.54, 1.807) is 25.6 Å². The molecular weight excluding hydrogens is 420 g/mol. The summed E-state index contributed by atoms with van der Waals surface area (Å²) in [5.74, 6) is -1.38. The Morgan fingerprint density at radius 2 is 1.90 bits per heavy atom. The summed E-state index contributed by atoms with van der Waals surface area (Å²) in [5.41, 5.74) is 1.90. The Bertz CT molecular complexity index is 1060. The third kappa shape index (κ3) is 4.77. The molecule has 0 aliphatic heterocycles. The van der Waals surface area contributed by atoms with Crippen molar-refractivity contribution in [2.24, 2.45) is 7.05 Å². The minimum atomic E-state index is -3.85. The Balaban J connectivity index is 2.18. The lowest BCUT2D eigenvalue weighted by molar-refractivity contribution is -0.123. The fourth-order valence-electron chi connectivity index (χ4n) is 2.49. The van der Waals surface area contributed by atoms with Gasteiger partial charge in [0.2, 0.25) is 10.0 Å². The van der Waals surface area contributed by atoms with Gasteiger partial charge in [0.05, 0.1) is 27.7 Å². The predicted octanol–water partition coefficient (Wildman–Crippen LogP) is 2.12. The number of nitrogens with one attached hydrogen (secondary N) is 1. The molecule has 9 nitrogen and oxygen atoms in total. The number of hydrogen-bond acceptors (Lipinski definition) is 6. The van der Waals surface area contributed by atoms with Crippen LogP contribution >= 0.6 is 11.6 Å². The molecule has 1 heterocycles. The number of hydrogen-bond donors (Lipinski definition) is 1. The summed E-state index contributed by atoms with van der Waals surface area (Å²) in [6.45, 7) is 4.97. The van der Waals surface area contributed by atoms with Gasteiger partial charge in [0.15, 0.2) is 6.10 Å². The molecule has 0 spiro atoms. The van der Waals surface area contributed by atoms with Crippen LogP contribution in [0.1, 0.15) is 28.7 Å². The number of carbonyl (C=O) groups excluding carboxylic acids is 2.